The normalized spacial score (nSPS) is 50.5. The summed E-state index contributed by atoms with van der Waals surface area (Å²) < 4.78 is 11.6. The minimum absolute atomic E-state index is 0.507. The molecule has 2 fully saturated rings. The predicted octanol–water partition coefficient (Wildman–Crippen LogP) is 1.14. The summed E-state index contributed by atoms with van der Waals surface area (Å²) in [6.07, 6.45) is 2.45. The maximum absolute atomic E-state index is 11.6. The molecule has 0 bridgehead atoms. The van der Waals surface area contributed by atoms with Gasteiger partial charge in [0.15, 0.2) is 0 Å². The number of nitrogens with one attached hydrogen (secondary N) is 1. The van der Waals surface area contributed by atoms with Crippen molar-refractivity contribution in [1.29, 1.82) is 0 Å². The van der Waals surface area contributed by atoms with Crippen LogP contribution >= 0.6 is 0 Å². The summed E-state index contributed by atoms with van der Waals surface area (Å²) in [6.45, 7) is 4.47. The Hall–Kier alpha value is 0.110. The van der Waals surface area contributed by atoms with E-state index in [0.717, 1.165) is 29.8 Å². The first-order chi connectivity index (χ1) is 6.20. The zero-order valence-corrected chi connectivity index (χ0v) is 9.27. The van der Waals surface area contributed by atoms with Crippen LogP contribution in [0.25, 0.3) is 0 Å². The molecular formula is C10H19NOS. The van der Waals surface area contributed by atoms with Gasteiger partial charge in [-0.05, 0) is 24.7 Å². The lowest BCUT2D eigenvalue weighted by Crippen LogP contribution is -2.50. The number of hydrogen-bond donors (Lipinski definition) is 1. The van der Waals surface area contributed by atoms with E-state index >= 15 is 0 Å². The van der Waals surface area contributed by atoms with Crippen molar-refractivity contribution in [1.82, 2.24) is 5.32 Å². The second-order valence-electron chi connectivity index (χ2n) is 4.53. The van der Waals surface area contributed by atoms with E-state index < -0.39 is 10.8 Å². The second-order valence-corrected chi connectivity index (χ2v) is 6.07. The molecule has 13 heavy (non-hydrogen) atoms. The van der Waals surface area contributed by atoms with E-state index in [-0.39, 0.29) is 0 Å². The summed E-state index contributed by atoms with van der Waals surface area (Å²) in [5.41, 5.74) is 0. The summed E-state index contributed by atoms with van der Waals surface area (Å²) in [5, 5.41) is 3.63. The van der Waals surface area contributed by atoms with Crippen LogP contribution in [0.4, 0.5) is 0 Å². The Morgan fingerprint density at radius 2 is 2.15 bits per heavy atom. The van der Waals surface area contributed by atoms with Gasteiger partial charge < -0.3 is 5.32 Å². The van der Waals surface area contributed by atoms with Crippen molar-refractivity contribution in [3.63, 3.8) is 0 Å². The van der Waals surface area contributed by atoms with Crippen LogP contribution in [0.1, 0.15) is 26.7 Å². The van der Waals surface area contributed by atoms with E-state index in [4.69, 9.17) is 0 Å². The fraction of sp³-hybridized carbons (Fsp3) is 1.00. The van der Waals surface area contributed by atoms with Gasteiger partial charge in [0.25, 0.3) is 0 Å². The quantitative estimate of drug-likeness (QED) is 0.726. The van der Waals surface area contributed by atoms with E-state index in [9.17, 15) is 4.21 Å². The van der Waals surface area contributed by atoms with Gasteiger partial charge in [0, 0.05) is 34.4 Å². The standard InChI is InChI=1S/C10H19NOS/c1-3-8-5-13(12)6-10(11-8)9-4-7(9)2/h7-11H,3-6H2,1-2H3. The average molecular weight is 201 g/mol. The lowest BCUT2D eigenvalue weighted by Gasteiger charge is -2.30. The highest BCUT2D eigenvalue weighted by Crippen LogP contribution is 2.41. The summed E-state index contributed by atoms with van der Waals surface area (Å²) in [6, 6.07) is 1.06. The first-order valence-corrected chi connectivity index (χ1v) is 6.80. The Kier molecular flexibility index (Phi) is 2.75. The minimum Gasteiger partial charge on any atom is -0.309 e. The van der Waals surface area contributed by atoms with Crippen LogP contribution in [0.3, 0.4) is 0 Å². The van der Waals surface area contributed by atoms with Gasteiger partial charge in [-0.3, -0.25) is 4.21 Å². The van der Waals surface area contributed by atoms with Crippen molar-refractivity contribution in [2.24, 2.45) is 11.8 Å². The molecule has 0 amide bonds. The van der Waals surface area contributed by atoms with Gasteiger partial charge in [-0.1, -0.05) is 13.8 Å². The average Bonchev–Trinajstić information content (AvgIpc) is 2.81. The van der Waals surface area contributed by atoms with E-state index in [1.165, 1.54) is 6.42 Å². The highest BCUT2D eigenvalue weighted by Gasteiger charge is 2.42. The fourth-order valence-corrected chi connectivity index (χ4v) is 3.95. The number of hydrogen-bond acceptors (Lipinski definition) is 2. The zero-order valence-electron chi connectivity index (χ0n) is 8.45. The zero-order chi connectivity index (χ0) is 9.42. The van der Waals surface area contributed by atoms with Crippen LogP contribution in [-0.4, -0.2) is 27.8 Å². The Labute approximate surface area is 82.9 Å². The van der Waals surface area contributed by atoms with Crippen molar-refractivity contribution in [2.75, 3.05) is 11.5 Å². The molecule has 1 saturated carbocycles. The molecule has 5 atom stereocenters. The molecule has 2 aliphatic rings. The Balaban J connectivity index is 1.93. The van der Waals surface area contributed by atoms with Gasteiger partial charge in [-0.2, -0.15) is 0 Å². The van der Waals surface area contributed by atoms with Gasteiger partial charge in [0.05, 0.1) is 0 Å². The van der Waals surface area contributed by atoms with Crippen LogP contribution in [0, 0.1) is 11.8 Å². The van der Waals surface area contributed by atoms with Crippen molar-refractivity contribution in [2.45, 2.75) is 38.8 Å². The first kappa shape index (κ1) is 9.66. The monoisotopic (exact) mass is 201 g/mol. The molecule has 0 aromatic carbocycles. The van der Waals surface area contributed by atoms with E-state index in [0.29, 0.717) is 12.1 Å². The van der Waals surface area contributed by atoms with Crippen molar-refractivity contribution >= 4 is 10.8 Å². The third-order valence-corrected chi connectivity index (χ3v) is 4.89. The molecule has 0 aromatic heterocycles. The summed E-state index contributed by atoms with van der Waals surface area (Å²) in [4.78, 5) is 0. The Morgan fingerprint density at radius 1 is 1.46 bits per heavy atom. The van der Waals surface area contributed by atoms with E-state index in [1.54, 1.807) is 0 Å². The molecule has 1 heterocycles. The minimum atomic E-state index is -0.558. The lowest BCUT2D eigenvalue weighted by molar-refractivity contribution is 0.404. The first-order valence-electron chi connectivity index (χ1n) is 5.31. The van der Waals surface area contributed by atoms with Gasteiger partial charge in [-0.25, -0.2) is 0 Å². The second kappa shape index (κ2) is 3.70. The number of rotatable bonds is 2. The SMILES string of the molecule is CCC1CS(=O)CC(C2CC2C)N1. The van der Waals surface area contributed by atoms with Crippen molar-refractivity contribution in [3.05, 3.63) is 0 Å². The molecule has 0 radical (unpaired) electrons. The molecular weight excluding hydrogens is 182 g/mol. The lowest BCUT2D eigenvalue weighted by atomic mass is 10.1. The molecule has 0 aromatic rings. The predicted molar refractivity (Wildman–Crippen MR) is 56.2 cm³/mol. The third-order valence-electron chi connectivity index (χ3n) is 3.38. The maximum atomic E-state index is 11.6. The smallest absolute Gasteiger partial charge is 0.0392 e. The molecule has 2 nitrogen and oxygen atoms in total. The molecule has 76 valence electrons. The molecule has 1 saturated heterocycles. The van der Waals surface area contributed by atoms with Crippen LogP contribution < -0.4 is 5.32 Å². The summed E-state index contributed by atoms with van der Waals surface area (Å²) >= 11 is 0. The highest BCUT2D eigenvalue weighted by atomic mass is 32.2. The van der Waals surface area contributed by atoms with Crippen LogP contribution in [0.2, 0.25) is 0 Å². The van der Waals surface area contributed by atoms with Crippen LogP contribution in [-0.2, 0) is 10.8 Å². The van der Waals surface area contributed by atoms with Crippen LogP contribution in [0.5, 0.6) is 0 Å². The molecule has 2 rings (SSSR count). The maximum Gasteiger partial charge on any atom is 0.0392 e. The Morgan fingerprint density at radius 3 is 2.69 bits per heavy atom. The fourth-order valence-electron chi connectivity index (χ4n) is 2.29. The highest BCUT2D eigenvalue weighted by molar-refractivity contribution is 7.85. The molecule has 1 N–H and O–H groups in total. The Bertz CT molecular complexity index is 219. The molecule has 1 aliphatic heterocycles. The summed E-state index contributed by atoms with van der Waals surface area (Å²) in [5.74, 6) is 3.45. The summed E-state index contributed by atoms with van der Waals surface area (Å²) in [7, 11) is -0.558. The van der Waals surface area contributed by atoms with E-state index in [2.05, 4.69) is 19.2 Å². The molecule has 1 aliphatic carbocycles. The molecule has 3 heteroatoms. The van der Waals surface area contributed by atoms with Gasteiger partial charge in [-0.15, -0.1) is 0 Å². The third kappa shape index (κ3) is 2.13. The molecule has 0 spiro atoms. The van der Waals surface area contributed by atoms with Crippen molar-refractivity contribution in [3.8, 4) is 0 Å². The van der Waals surface area contributed by atoms with Crippen molar-refractivity contribution < 1.29 is 4.21 Å². The van der Waals surface area contributed by atoms with Gasteiger partial charge >= 0.3 is 0 Å². The van der Waals surface area contributed by atoms with Crippen LogP contribution in [0.15, 0.2) is 0 Å². The topological polar surface area (TPSA) is 29.1 Å². The van der Waals surface area contributed by atoms with Gasteiger partial charge in [0.2, 0.25) is 0 Å². The van der Waals surface area contributed by atoms with E-state index in [1.807, 2.05) is 0 Å². The molecule has 5 unspecified atom stereocenters. The van der Waals surface area contributed by atoms with Gasteiger partial charge in [0.1, 0.15) is 0 Å². The largest absolute Gasteiger partial charge is 0.309 e.